The first-order chi connectivity index (χ1) is 8.61. The van der Waals surface area contributed by atoms with E-state index in [9.17, 15) is 4.79 Å². The standard InChI is InChI=1S/C13H24N4O/c1-4-14-7-12-8-17(10-16-12)9-13(18)15-6-5-11(2)3/h8,10-11,14H,4-7,9H2,1-3H3,(H,15,18). The summed E-state index contributed by atoms with van der Waals surface area (Å²) in [4.78, 5) is 15.9. The maximum Gasteiger partial charge on any atom is 0.239 e. The Kier molecular flexibility index (Phi) is 6.43. The lowest BCUT2D eigenvalue weighted by molar-refractivity contribution is -0.121. The topological polar surface area (TPSA) is 59.0 Å². The van der Waals surface area contributed by atoms with Crippen LogP contribution >= 0.6 is 0 Å². The van der Waals surface area contributed by atoms with Crippen molar-refractivity contribution in [3.05, 3.63) is 18.2 Å². The molecule has 1 amide bonds. The molecule has 0 unspecified atom stereocenters. The summed E-state index contributed by atoms with van der Waals surface area (Å²) < 4.78 is 1.82. The smallest absolute Gasteiger partial charge is 0.239 e. The molecule has 102 valence electrons. The summed E-state index contributed by atoms with van der Waals surface area (Å²) in [5.74, 6) is 0.660. The van der Waals surface area contributed by atoms with Crippen LogP contribution in [0.5, 0.6) is 0 Å². The van der Waals surface area contributed by atoms with Gasteiger partial charge in [0.2, 0.25) is 5.91 Å². The van der Waals surface area contributed by atoms with Crippen LogP contribution in [0.4, 0.5) is 0 Å². The van der Waals surface area contributed by atoms with Gasteiger partial charge in [0.15, 0.2) is 0 Å². The van der Waals surface area contributed by atoms with Gasteiger partial charge in [0.05, 0.1) is 12.0 Å². The lowest BCUT2D eigenvalue weighted by Gasteiger charge is -2.07. The van der Waals surface area contributed by atoms with Crippen molar-refractivity contribution in [2.24, 2.45) is 5.92 Å². The number of amides is 1. The van der Waals surface area contributed by atoms with Gasteiger partial charge < -0.3 is 15.2 Å². The van der Waals surface area contributed by atoms with E-state index in [0.29, 0.717) is 12.5 Å². The van der Waals surface area contributed by atoms with Crippen LogP contribution in [0.1, 0.15) is 32.9 Å². The molecule has 0 spiro atoms. The highest BCUT2D eigenvalue weighted by atomic mass is 16.1. The van der Waals surface area contributed by atoms with Crippen molar-refractivity contribution >= 4 is 5.91 Å². The van der Waals surface area contributed by atoms with Crippen LogP contribution in [0.2, 0.25) is 0 Å². The first-order valence-electron chi connectivity index (χ1n) is 6.60. The fourth-order valence-electron chi connectivity index (χ4n) is 1.56. The van der Waals surface area contributed by atoms with E-state index in [4.69, 9.17) is 0 Å². The summed E-state index contributed by atoms with van der Waals surface area (Å²) in [7, 11) is 0. The van der Waals surface area contributed by atoms with Gasteiger partial charge in [-0.05, 0) is 18.9 Å². The van der Waals surface area contributed by atoms with E-state index in [1.807, 2.05) is 10.8 Å². The number of carbonyl (C=O) groups excluding carboxylic acids is 1. The number of hydrogen-bond donors (Lipinski definition) is 2. The molecule has 0 aliphatic heterocycles. The number of hydrogen-bond acceptors (Lipinski definition) is 3. The van der Waals surface area contributed by atoms with Gasteiger partial charge in [-0.15, -0.1) is 0 Å². The SMILES string of the molecule is CCNCc1cn(CC(=O)NCCC(C)C)cn1. The second-order valence-corrected chi connectivity index (χ2v) is 4.85. The molecule has 0 fully saturated rings. The molecule has 1 aromatic rings. The van der Waals surface area contributed by atoms with Crippen molar-refractivity contribution in [3.8, 4) is 0 Å². The molecule has 0 saturated heterocycles. The molecule has 0 saturated carbocycles. The van der Waals surface area contributed by atoms with Crippen molar-refractivity contribution in [2.45, 2.75) is 40.3 Å². The number of imidazole rings is 1. The van der Waals surface area contributed by atoms with E-state index < -0.39 is 0 Å². The number of nitrogens with one attached hydrogen (secondary N) is 2. The highest BCUT2D eigenvalue weighted by Crippen LogP contribution is 1.98. The van der Waals surface area contributed by atoms with Crippen LogP contribution < -0.4 is 10.6 Å². The highest BCUT2D eigenvalue weighted by molar-refractivity contribution is 5.75. The molecule has 2 N–H and O–H groups in total. The molecule has 0 aliphatic carbocycles. The van der Waals surface area contributed by atoms with Gasteiger partial charge in [-0.1, -0.05) is 20.8 Å². The monoisotopic (exact) mass is 252 g/mol. The Morgan fingerprint density at radius 1 is 1.50 bits per heavy atom. The molecule has 5 heteroatoms. The average molecular weight is 252 g/mol. The van der Waals surface area contributed by atoms with E-state index in [2.05, 4.69) is 36.4 Å². The van der Waals surface area contributed by atoms with Crippen LogP contribution in [-0.2, 0) is 17.9 Å². The zero-order valence-electron chi connectivity index (χ0n) is 11.6. The Balaban J connectivity index is 2.28. The fourth-order valence-corrected chi connectivity index (χ4v) is 1.56. The average Bonchev–Trinajstić information content (AvgIpc) is 2.73. The van der Waals surface area contributed by atoms with Crippen LogP contribution in [-0.4, -0.2) is 28.5 Å². The van der Waals surface area contributed by atoms with E-state index in [1.54, 1.807) is 6.33 Å². The largest absolute Gasteiger partial charge is 0.355 e. The maximum atomic E-state index is 11.6. The van der Waals surface area contributed by atoms with Gasteiger partial charge in [-0.3, -0.25) is 4.79 Å². The summed E-state index contributed by atoms with van der Waals surface area (Å²) in [6.07, 6.45) is 4.63. The lowest BCUT2D eigenvalue weighted by Crippen LogP contribution is -2.28. The van der Waals surface area contributed by atoms with E-state index in [0.717, 1.165) is 31.7 Å². The van der Waals surface area contributed by atoms with E-state index >= 15 is 0 Å². The molecular weight excluding hydrogens is 228 g/mol. The summed E-state index contributed by atoms with van der Waals surface area (Å²) in [6, 6.07) is 0. The van der Waals surface area contributed by atoms with Gasteiger partial charge in [-0.25, -0.2) is 4.98 Å². The third-order valence-corrected chi connectivity index (χ3v) is 2.61. The molecule has 1 heterocycles. The first kappa shape index (κ1) is 14.7. The van der Waals surface area contributed by atoms with Crippen molar-refractivity contribution < 1.29 is 4.79 Å². The fraction of sp³-hybridized carbons (Fsp3) is 0.692. The molecule has 0 radical (unpaired) electrons. The predicted molar refractivity (Wildman–Crippen MR) is 72.1 cm³/mol. The van der Waals surface area contributed by atoms with E-state index in [1.165, 1.54) is 0 Å². The summed E-state index contributed by atoms with van der Waals surface area (Å²) in [5.41, 5.74) is 0.965. The highest BCUT2D eigenvalue weighted by Gasteiger charge is 2.04. The summed E-state index contributed by atoms with van der Waals surface area (Å²) in [5, 5.41) is 6.11. The Labute approximate surface area is 109 Å². The van der Waals surface area contributed by atoms with Gasteiger partial charge in [0.1, 0.15) is 6.54 Å². The third kappa shape index (κ3) is 5.82. The number of rotatable bonds is 8. The van der Waals surface area contributed by atoms with Crippen molar-refractivity contribution in [1.29, 1.82) is 0 Å². The quantitative estimate of drug-likeness (QED) is 0.730. The summed E-state index contributed by atoms with van der Waals surface area (Å²) in [6.45, 7) is 9.11. The minimum absolute atomic E-state index is 0.0445. The Hall–Kier alpha value is -1.36. The molecule has 5 nitrogen and oxygen atoms in total. The molecule has 0 bridgehead atoms. The van der Waals surface area contributed by atoms with Crippen LogP contribution in [0.25, 0.3) is 0 Å². The maximum absolute atomic E-state index is 11.6. The van der Waals surface area contributed by atoms with E-state index in [-0.39, 0.29) is 5.91 Å². The van der Waals surface area contributed by atoms with Crippen molar-refractivity contribution in [1.82, 2.24) is 20.2 Å². The zero-order valence-corrected chi connectivity index (χ0v) is 11.6. The van der Waals surface area contributed by atoms with Crippen molar-refractivity contribution in [3.63, 3.8) is 0 Å². The number of nitrogens with zero attached hydrogens (tertiary/aromatic N) is 2. The van der Waals surface area contributed by atoms with Crippen LogP contribution in [0.15, 0.2) is 12.5 Å². The molecule has 0 aliphatic rings. The van der Waals surface area contributed by atoms with Gasteiger partial charge in [-0.2, -0.15) is 0 Å². The molecule has 0 aromatic carbocycles. The second-order valence-electron chi connectivity index (χ2n) is 4.85. The molecule has 18 heavy (non-hydrogen) atoms. The molecule has 1 aromatic heterocycles. The van der Waals surface area contributed by atoms with Gasteiger partial charge in [0, 0.05) is 19.3 Å². The normalized spacial score (nSPS) is 10.9. The minimum atomic E-state index is 0.0445. The predicted octanol–water partition coefficient (Wildman–Crippen LogP) is 1.15. The third-order valence-electron chi connectivity index (χ3n) is 2.61. The molecular formula is C13H24N4O. The molecule has 1 rings (SSSR count). The van der Waals surface area contributed by atoms with Gasteiger partial charge >= 0.3 is 0 Å². The first-order valence-corrected chi connectivity index (χ1v) is 6.60. The minimum Gasteiger partial charge on any atom is -0.355 e. The van der Waals surface area contributed by atoms with Gasteiger partial charge in [0.25, 0.3) is 0 Å². The Morgan fingerprint density at radius 2 is 2.28 bits per heavy atom. The second kappa shape index (κ2) is 7.87. The lowest BCUT2D eigenvalue weighted by atomic mass is 10.1. The van der Waals surface area contributed by atoms with Crippen LogP contribution in [0, 0.1) is 5.92 Å². The number of aromatic nitrogens is 2. The zero-order chi connectivity index (χ0) is 13.4. The summed E-state index contributed by atoms with van der Waals surface area (Å²) >= 11 is 0. The van der Waals surface area contributed by atoms with Crippen molar-refractivity contribution in [2.75, 3.05) is 13.1 Å². The number of carbonyl (C=O) groups is 1. The van der Waals surface area contributed by atoms with Crippen LogP contribution in [0.3, 0.4) is 0 Å². The molecule has 0 atom stereocenters. The Morgan fingerprint density at radius 3 is 2.94 bits per heavy atom. The Bertz CT molecular complexity index is 360.